The van der Waals surface area contributed by atoms with E-state index in [0.29, 0.717) is 6.61 Å². The lowest BCUT2D eigenvalue weighted by molar-refractivity contribution is 0.321. The van der Waals surface area contributed by atoms with E-state index in [0.717, 1.165) is 35.4 Å². The highest BCUT2D eigenvalue weighted by atomic mass is 16.5. The summed E-state index contributed by atoms with van der Waals surface area (Å²) in [6.45, 7) is 4.69. The lowest BCUT2D eigenvalue weighted by Crippen LogP contribution is -2.04. The van der Waals surface area contributed by atoms with Crippen molar-refractivity contribution in [3.05, 3.63) is 65.9 Å². The number of hydrogen-bond donors (Lipinski definition) is 2. The van der Waals surface area contributed by atoms with Crippen LogP contribution >= 0.6 is 0 Å². The van der Waals surface area contributed by atoms with Gasteiger partial charge in [-0.3, -0.25) is 0 Å². The quantitative estimate of drug-likeness (QED) is 0.476. The molecule has 24 heavy (non-hydrogen) atoms. The molecule has 0 aliphatic heterocycles. The first kappa shape index (κ1) is 17.5. The molecule has 0 aliphatic carbocycles. The van der Waals surface area contributed by atoms with Crippen molar-refractivity contribution in [2.24, 2.45) is 0 Å². The van der Waals surface area contributed by atoms with Crippen LogP contribution in [0.1, 0.15) is 31.4 Å². The van der Waals surface area contributed by atoms with Gasteiger partial charge in [-0.05, 0) is 36.3 Å². The van der Waals surface area contributed by atoms with Crippen LogP contribution in [0.3, 0.4) is 0 Å². The van der Waals surface area contributed by atoms with Gasteiger partial charge in [0.15, 0.2) is 0 Å². The van der Waals surface area contributed by atoms with Gasteiger partial charge in [-0.2, -0.15) is 0 Å². The number of nitrogens with two attached hydrogens (primary N) is 1. The summed E-state index contributed by atoms with van der Waals surface area (Å²) in [5, 5.41) is 3.01. The van der Waals surface area contributed by atoms with Crippen molar-refractivity contribution < 1.29 is 4.74 Å². The number of nitrogen functional groups attached to an aromatic ring is 1. The molecule has 0 atom stereocenters. The molecule has 0 saturated carbocycles. The van der Waals surface area contributed by atoms with Crippen molar-refractivity contribution >= 4 is 11.3 Å². The molecule has 0 amide bonds. The Bertz CT molecular complexity index is 736. The van der Waals surface area contributed by atoms with Crippen LogP contribution in [0, 0.1) is 12.0 Å². The maximum atomic E-state index is 5.98. The van der Waals surface area contributed by atoms with Crippen LogP contribution in [0.25, 0.3) is 5.57 Å². The number of nitrogens with one attached hydrogen (secondary N) is 1. The van der Waals surface area contributed by atoms with Crippen molar-refractivity contribution in [2.75, 3.05) is 12.3 Å². The van der Waals surface area contributed by atoms with Crippen LogP contribution in [0.4, 0.5) is 5.69 Å². The van der Waals surface area contributed by atoms with Crippen molar-refractivity contribution in [3.63, 3.8) is 0 Å². The second-order valence-corrected chi connectivity index (χ2v) is 5.46. The van der Waals surface area contributed by atoms with Crippen molar-refractivity contribution in [1.29, 1.82) is 0 Å². The van der Waals surface area contributed by atoms with Gasteiger partial charge in [0, 0.05) is 36.3 Å². The van der Waals surface area contributed by atoms with Gasteiger partial charge in [-0.15, -0.1) is 0 Å². The minimum atomic E-state index is 0.622. The van der Waals surface area contributed by atoms with Crippen molar-refractivity contribution in [3.8, 4) is 17.7 Å². The van der Waals surface area contributed by atoms with Gasteiger partial charge in [0.1, 0.15) is 5.75 Å². The molecule has 0 spiro atoms. The van der Waals surface area contributed by atoms with E-state index < -0.39 is 0 Å². The normalized spacial score (nSPS) is 10.7. The Kier molecular flexibility index (Phi) is 6.79. The highest BCUT2D eigenvalue weighted by Crippen LogP contribution is 2.25. The molecule has 3 N–H and O–H groups in total. The third-order valence-corrected chi connectivity index (χ3v) is 3.57. The fourth-order valence-electron chi connectivity index (χ4n) is 2.24. The molecule has 0 fully saturated rings. The van der Waals surface area contributed by atoms with Gasteiger partial charge in [0.2, 0.25) is 0 Å². The van der Waals surface area contributed by atoms with E-state index in [-0.39, 0.29) is 0 Å². The Labute approximate surface area is 144 Å². The average Bonchev–Trinajstić information content (AvgIpc) is 2.61. The summed E-state index contributed by atoms with van der Waals surface area (Å²) in [4.78, 5) is 0. The molecule has 0 heterocycles. The first-order chi connectivity index (χ1) is 11.7. The second-order valence-electron chi connectivity index (χ2n) is 5.46. The molecule has 0 aliphatic rings. The molecular formula is C21H24N2O. The van der Waals surface area contributed by atoms with Crippen LogP contribution in [-0.2, 0) is 6.42 Å². The van der Waals surface area contributed by atoms with Crippen LogP contribution in [-0.4, -0.2) is 6.61 Å². The Balaban J connectivity index is 1.99. The minimum absolute atomic E-state index is 0.622. The molecule has 3 nitrogen and oxygen atoms in total. The van der Waals surface area contributed by atoms with E-state index in [1.807, 2.05) is 62.5 Å². The lowest BCUT2D eigenvalue weighted by Gasteiger charge is -2.12. The summed E-state index contributed by atoms with van der Waals surface area (Å²) >= 11 is 0. The molecule has 0 saturated heterocycles. The van der Waals surface area contributed by atoms with E-state index in [2.05, 4.69) is 23.3 Å². The number of para-hydroxylation sites is 1. The van der Waals surface area contributed by atoms with Crippen LogP contribution < -0.4 is 15.8 Å². The zero-order valence-corrected chi connectivity index (χ0v) is 14.3. The number of anilines is 1. The van der Waals surface area contributed by atoms with Gasteiger partial charge in [-0.1, -0.05) is 43.2 Å². The Morgan fingerprint density at radius 1 is 1.17 bits per heavy atom. The first-order valence-electron chi connectivity index (χ1n) is 8.17. The highest BCUT2D eigenvalue weighted by molar-refractivity contribution is 5.68. The SMILES string of the molecule is CCC#CN/C=C(\C)c1ccccc1OCCc1ccc(N)cc1. The van der Waals surface area contributed by atoms with Gasteiger partial charge >= 0.3 is 0 Å². The predicted octanol–water partition coefficient (Wildman–Crippen LogP) is 4.21. The molecule has 2 aromatic rings. The Morgan fingerprint density at radius 2 is 1.92 bits per heavy atom. The maximum absolute atomic E-state index is 5.98. The average molecular weight is 320 g/mol. The van der Waals surface area contributed by atoms with E-state index in [1.165, 1.54) is 5.56 Å². The topological polar surface area (TPSA) is 47.3 Å². The molecule has 0 unspecified atom stereocenters. The van der Waals surface area contributed by atoms with E-state index in [1.54, 1.807) is 0 Å². The first-order valence-corrected chi connectivity index (χ1v) is 8.17. The summed E-state index contributed by atoms with van der Waals surface area (Å²) in [7, 11) is 0. The summed E-state index contributed by atoms with van der Waals surface area (Å²) in [6.07, 6.45) is 3.59. The molecule has 2 rings (SSSR count). The standard InChI is InChI=1S/C21H24N2O/c1-3-4-14-23-16-17(2)20-7-5-6-8-21(20)24-15-13-18-9-11-19(22)12-10-18/h5-12,16,23H,3,13,15,22H2,1-2H3/b17-16+. The zero-order chi connectivity index (χ0) is 17.2. The lowest BCUT2D eigenvalue weighted by atomic mass is 10.1. The summed E-state index contributed by atoms with van der Waals surface area (Å²) in [6, 6.07) is 18.8. The number of allylic oxidation sites excluding steroid dienone is 1. The van der Waals surface area contributed by atoms with E-state index >= 15 is 0 Å². The fourth-order valence-corrected chi connectivity index (χ4v) is 2.24. The van der Waals surface area contributed by atoms with Crippen LogP contribution in [0.5, 0.6) is 5.75 Å². The monoisotopic (exact) mass is 320 g/mol. The molecule has 0 radical (unpaired) electrons. The molecule has 0 aromatic heterocycles. The maximum Gasteiger partial charge on any atom is 0.126 e. The zero-order valence-electron chi connectivity index (χ0n) is 14.3. The van der Waals surface area contributed by atoms with Gasteiger partial charge in [0.25, 0.3) is 0 Å². The smallest absolute Gasteiger partial charge is 0.126 e. The highest BCUT2D eigenvalue weighted by Gasteiger charge is 2.05. The molecule has 0 bridgehead atoms. The fraction of sp³-hybridized carbons (Fsp3) is 0.238. The Hall–Kier alpha value is -2.86. The molecular weight excluding hydrogens is 296 g/mol. The third-order valence-electron chi connectivity index (χ3n) is 3.57. The second kappa shape index (κ2) is 9.32. The summed E-state index contributed by atoms with van der Waals surface area (Å²) in [5.41, 5.74) is 9.86. The van der Waals surface area contributed by atoms with E-state index in [9.17, 15) is 0 Å². The Morgan fingerprint density at radius 3 is 2.67 bits per heavy atom. The van der Waals surface area contributed by atoms with Gasteiger partial charge in [0.05, 0.1) is 6.61 Å². The number of hydrogen-bond acceptors (Lipinski definition) is 3. The predicted molar refractivity (Wildman–Crippen MR) is 101 cm³/mol. The molecule has 3 heteroatoms. The number of ether oxygens (including phenoxy) is 1. The van der Waals surface area contributed by atoms with Crippen molar-refractivity contribution in [1.82, 2.24) is 5.32 Å². The summed E-state index contributed by atoms with van der Waals surface area (Å²) in [5.74, 6) is 3.86. The largest absolute Gasteiger partial charge is 0.493 e. The summed E-state index contributed by atoms with van der Waals surface area (Å²) < 4.78 is 5.98. The van der Waals surface area contributed by atoms with Gasteiger partial charge in [-0.25, -0.2) is 0 Å². The third kappa shape index (κ3) is 5.40. The van der Waals surface area contributed by atoms with E-state index in [4.69, 9.17) is 10.5 Å². The number of rotatable bonds is 6. The van der Waals surface area contributed by atoms with Crippen LogP contribution in [0.15, 0.2) is 54.7 Å². The molecule has 2 aromatic carbocycles. The molecule has 124 valence electrons. The van der Waals surface area contributed by atoms with Crippen LogP contribution in [0.2, 0.25) is 0 Å². The number of benzene rings is 2. The van der Waals surface area contributed by atoms with Crippen molar-refractivity contribution in [2.45, 2.75) is 26.7 Å². The van der Waals surface area contributed by atoms with Gasteiger partial charge < -0.3 is 15.8 Å². The minimum Gasteiger partial charge on any atom is -0.493 e.